The molecule has 1 N–H and O–H groups in total. The van der Waals surface area contributed by atoms with Gasteiger partial charge in [0.1, 0.15) is 5.75 Å². The van der Waals surface area contributed by atoms with E-state index < -0.39 is 0 Å². The number of anilines is 1. The molecule has 0 saturated carbocycles. The molecule has 0 amide bonds. The average molecular weight is 355 g/mol. The van der Waals surface area contributed by atoms with Crippen molar-refractivity contribution < 1.29 is 4.74 Å². The van der Waals surface area contributed by atoms with E-state index in [9.17, 15) is 0 Å². The standard InChI is InChI=1S/C16H17BrClNO/c1-10-4-7-16(20-3)13(8-10)11(2)19-12-5-6-15(18)14(17)9-12/h4-9,11,19H,1-3H3. The summed E-state index contributed by atoms with van der Waals surface area (Å²) in [7, 11) is 1.69. The molecule has 2 nitrogen and oxygen atoms in total. The predicted molar refractivity (Wildman–Crippen MR) is 88.9 cm³/mol. The first kappa shape index (κ1) is 15.2. The van der Waals surface area contributed by atoms with Gasteiger partial charge in [0.15, 0.2) is 0 Å². The third kappa shape index (κ3) is 3.47. The van der Waals surface area contributed by atoms with Gasteiger partial charge in [0, 0.05) is 15.7 Å². The lowest BCUT2D eigenvalue weighted by atomic mass is 10.0. The van der Waals surface area contributed by atoms with Gasteiger partial charge in [-0.2, -0.15) is 0 Å². The average Bonchev–Trinajstić information content (AvgIpc) is 2.43. The van der Waals surface area contributed by atoms with Crippen LogP contribution in [-0.4, -0.2) is 7.11 Å². The highest BCUT2D eigenvalue weighted by Gasteiger charge is 2.12. The molecule has 0 aliphatic heterocycles. The molecule has 0 aliphatic carbocycles. The maximum Gasteiger partial charge on any atom is 0.124 e. The fourth-order valence-corrected chi connectivity index (χ4v) is 2.60. The minimum Gasteiger partial charge on any atom is -0.496 e. The van der Waals surface area contributed by atoms with Gasteiger partial charge in [-0.1, -0.05) is 29.3 Å². The SMILES string of the molecule is COc1ccc(C)cc1C(C)Nc1ccc(Cl)c(Br)c1. The van der Waals surface area contributed by atoms with Crippen LogP contribution in [0.4, 0.5) is 5.69 Å². The second-order valence-corrected chi connectivity index (χ2v) is 6.00. The number of benzene rings is 2. The van der Waals surface area contributed by atoms with Crippen molar-refractivity contribution in [1.29, 1.82) is 0 Å². The first-order valence-corrected chi connectivity index (χ1v) is 7.54. The molecule has 1 atom stereocenters. The Bertz CT molecular complexity index is 615. The van der Waals surface area contributed by atoms with Crippen molar-refractivity contribution in [1.82, 2.24) is 0 Å². The van der Waals surface area contributed by atoms with Crippen LogP contribution in [0.2, 0.25) is 5.02 Å². The molecule has 0 bridgehead atoms. The highest BCUT2D eigenvalue weighted by Crippen LogP contribution is 2.31. The number of hydrogen-bond donors (Lipinski definition) is 1. The number of ether oxygens (including phenoxy) is 1. The fraction of sp³-hybridized carbons (Fsp3) is 0.250. The molecule has 2 aromatic carbocycles. The van der Waals surface area contributed by atoms with Crippen molar-refractivity contribution >= 4 is 33.2 Å². The summed E-state index contributed by atoms with van der Waals surface area (Å²) in [5.74, 6) is 0.892. The quantitative estimate of drug-likeness (QED) is 0.772. The molecular formula is C16H17BrClNO. The second kappa shape index (κ2) is 6.51. The summed E-state index contributed by atoms with van der Waals surface area (Å²) in [5.41, 5.74) is 3.36. The van der Waals surface area contributed by atoms with Crippen molar-refractivity contribution in [3.8, 4) is 5.75 Å². The molecule has 2 rings (SSSR count). The van der Waals surface area contributed by atoms with E-state index in [4.69, 9.17) is 16.3 Å². The Labute approximate surface area is 133 Å². The number of methoxy groups -OCH3 is 1. The molecule has 0 aromatic heterocycles. The third-order valence-electron chi connectivity index (χ3n) is 3.15. The summed E-state index contributed by atoms with van der Waals surface area (Å²) in [6, 6.07) is 12.1. The smallest absolute Gasteiger partial charge is 0.124 e. The van der Waals surface area contributed by atoms with Crippen molar-refractivity contribution in [2.45, 2.75) is 19.9 Å². The zero-order valence-electron chi connectivity index (χ0n) is 11.7. The minimum atomic E-state index is 0.137. The van der Waals surface area contributed by atoms with Gasteiger partial charge in [-0.3, -0.25) is 0 Å². The van der Waals surface area contributed by atoms with E-state index in [1.54, 1.807) is 7.11 Å². The Hall–Kier alpha value is -1.19. The molecule has 20 heavy (non-hydrogen) atoms. The monoisotopic (exact) mass is 353 g/mol. The molecule has 2 aromatic rings. The number of nitrogens with one attached hydrogen (secondary N) is 1. The van der Waals surface area contributed by atoms with Gasteiger partial charge < -0.3 is 10.1 Å². The van der Waals surface area contributed by atoms with Crippen LogP contribution >= 0.6 is 27.5 Å². The summed E-state index contributed by atoms with van der Waals surface area (Å²) < 4.78 is 6.31. The molecule has 0 aliphatic rings. The number of rotatable bonds is 4. The molecule has 106 valence electrons. The van der Waals surface area contributed by atoms with Crippen molar-refractivity contribution in [3.05, 3.63) is 57.0 Å². The molecule has 0 heterocycles. The third-order valence-corrected chi connectivity index (χ3v) is 4.37. The zero-order valence-corrected chi connectivity index (χ0v) is 14.0. The summed E-state index contributed by atoms with van der Waals surface area (Å²) in [6.07, 6.45) is 0. The molecule has 0 saturated heterocycles. The molecular weight excluding hydrogens is 338 g/mol. The summed E-state index contributed by atoms with van der Waals surface area (Å²) in [5, 5.41) is 4.16. The Morgan fingerprint density at radius 2 is 1.95 bits per heavy atom. The van der Waals surface area contributed by atoms with Crippen LogP contribution < -0.4 is 10.1 Å². The molecule has 4 heteroatoms. The van der Waals surface area contributed by atoms with E-state index in [0.717, 1.165) is 21.5 Å². The molecule has 1 unspecified atom stereocenters. The summed E-state index contributed by atoms with van der Waals surface area (Å²) in [6.45, 7) is 4.19. The largest absolute Gasteiger partial charge is 0.496 e. The van der Waals surface area contributed by atoms with Crippen LogP contribution in [0.25, 0.3) is 0 Å². The van der Waals surface area contributed by atoms with E-state index >= 15 is 0 Å². The van der Waals surface area contributed by atoms with Crippen LogP contribution in [0.15, 0.2) is 40.9 Å². The lowest BCUT2D eigenvalue weighted by molar-refractivity contribution is 0.408. The van der Waals surface area contributed by atoms with Gasteiger partial charge in [-0.15, -0.1) is 0 Å². The van der Waals surface area contributed by atoms with Gasteiger partial charge in [-0.05, 0) is 54.0 Å². The maximum atomic E-state index is 6.01. The topological polar surface area (TPSA) is 21.3 Å². The van der Waals surface area contributed by atoms with Crippen LogP contribution in [0.1, 0.15) is 24.1 Å². The number of hydrogen-bond acceptors (Lipinski definition) is 2. The van der Waals surface area contributed by atoms with E-state index in [-0.39, 0.29) is 6.04 Å². The Morgan fingerprint density at radius 3 is 2.60 bits per heavy atom. The lowest BCUT2D eigenvalue weighted by Gasteiger charge is -2.19. The van der Waals surface area contributed by atoms with Crippen molar-refractivity contribution in [2.75, 3.05) is 12.4 Å². The Kier molecular flexibility index (Phi) is 4.95. The number of aryl methyl sites for hydroxylation is 1. The molecule has 0 spiro atoms. The molecule has 0 fully saturated rings. The minimum absolute atomic E-state index is 0.137. The first-order valence-electron chi connectivity index (χ1n) is 6.37. The van der Waals surface area contributed by atoms with Crippen molar-refractivity contribution in [3.63, 3.8) is 0 Å². The highest BCUT2D eigenvalue weighted by molar-refractivity contribution is 9.10. The Balaban J connectivity index is 2.25. The van der Waals surface area contributed by atoms with Gasteiger partial charge in [0.05, 0.1) is 18.2 Å². The highest BCUT2D eigenvalue weighted by atomic mass is 79.9. The lowest BCUT2D eigenvalue weighted by Crippen LogP contribution is -2.08. The number of halogens is 2. The normalized spacial score (nSPS) is 12.1. The zero-order chi connectivity index (χ0) is 14.7. The van der Waals surface area contributed by atoms with Gasteiger partial charge in [0.25, 0.3) is 0 Å². The fourth-order valence-electron chi connectivity index (χ4n) is 2.11. The van der Waals surface area contributed by atoms with E-state index in [2.05, 4.69) is 41.2 Å². The van der Waals surface area contributed by atoms with Crippen LogP contribution in [0, 0.1) is 6.92 Å². The second-order valence-electron chi connectivity index (χ2n) is 4.74. The Morgan fingerprint density at radius 1 is 1.20 bits per heavy atom. The summed E-state index contributed by atoms with van der Waals surface area (Å²) >= 11 is 9.44. The summed E-state index contributed by atoms with van der Waals surface area (Å²) in [4.78, 5) is 0. The predicted octanol–water partition coefficient (Wildman–Crippen LogP) is 5.59. The molecule has 0 radical (unpaired) electrons. The van der Waals surface area contributed by atoms with Crippen LogP contribution in [0.3, 0.4) is 0 Å². The van der Waals surface area contributed by atoms with Crippen molar-refractivity contribution in [2.24, 2.45) is 0 Å². The van der Waals surface area contributed by atoms with E-state index in [1.807, 2.05) is 30.3 Å². The van der Waals surface area contributed by atoms with Crippen LogP contribution in [-0.2, 0) is 0 Å². The van der Waals surface area contributed by atoms with Crippen LogP contribution in [0.5, 0.6) is 5.75 Å². The van der Waals surface area contributed by atoms with Gasteiger partial charge in [0.2, 0.25) is 0 Å². The van der Waals surface area contributed by atoms with Gasteiger partial charge >= 0.3 is 0 Å². The maximum absolute atomic E-state index is 6.01. The van der Waals surface area contributed by atoms with E-state index in [0.29, 0.717) is 5.02 Å². The van der Waals surface area contributed by atoms with E-state index in [1.165, 1.54) is 5.56 Å². The first-order chi connectivity index (χ1) is 9.51. The van der Waals surface area contributed by atoms with Gasteiger partial charge in [-0.25, -0.2) is 0 Å².